The van der Waals surface area contributed by atoms with E-state index in [0.717, 1.165) is 5.56 Å². The largest absolute Gasteiger partial charge is 0.369 e. The molecule has 0 fully saturated rings. The predicted octanol–water partition coefficient (Wildman–Crippen LogP) is 1.12. The molecule has 1 rings (SSSR count). The summed E-state index contributed by atoms with van der Waals surface area (Å²) in [6, 6.07) is 3.16. The van der Waals surface area contributed by atoms with E-state index in [2.05, 4.69) is 4.98 Å². The fourth-order valence-electron chi connectivity index (χ4n) is 0.804. The molecular formula is C10H15NO3. The SMILES string of the molecule is CC.O=CCOCc1cc[nH]c(=O)c1. The Hall–Kier alpha value is -1.42. The number of carbonyl (C=O) groups is 1. The van der Waals surface area contributed by atoms with E-state index in [1.165, 1.54) is 6.07 Å². The first-order valence-corrected chi connectivity index (χ1v) is 4.52. The lowest BCUT2D eigenvalue weighted by atomic mass is 10.3. The molecular weight excluding hydrogens is 182 g/mol. The minimum absolute atomic E-state index is 0.0623. The number of hydrogen-bond acceptors (Lipinski definition) is 3. The van der Waals surface area contributed by atoms with Gasteiger partial charge in [0.25, 0.3) is 0 Å². The molecule has 4 heteroatoms. The number of carbonyl (C=O) groups excluding carboxylic acids is 1. The number of aromatic nitrogens is 1. The monoisotopic (exact) mass is 197 g/mol. The molecule has 4 nitrogen and oxygen atoms in total. The van der Waals surface area contributed by atoms with Gasteiger partial charge in [-0.05, 0) is 11.6 Å². The van der Waals surface area contributed by atoms with Crippen molar-refractivity contribution in [3.8, 4) is 0 Å². The third-order valence-electron chi connectivity index (χ3n) is 1.29. The molecule has 14 heavy (non-hydrogen) atoms. The van der Waals surface area contributed by atoms with Gasteiger partial charge in [-0.3, -0.25) is 4.79 Å². The summed E-state index contributed by atoms with van der Waals surface area (Å²) in [5.41, 5.74) is 0.600. The van der Waals surface area contributed by atoms with E-state index in [1.807, 2.05) is 13.8 Å². The van der Waals surface area contributed by atoms with Gasteiger partial charge in [-0.2, -0.15) is 0 Å². The van der Waals surface area contributed by atoms with Gasteiger partial charge in [0, 0.05) is 12.3 Å². The zero-order valence-corrected chi connectivity index (χ0v) is 8.45. The van der Waals surface area contributed by atoms with Crippen LogP contribution in [-0.2, 0) is 16.1 Å². The van der Waals surface area contributed by atoms with Crippen molar-refractivity contribution in [2.75, 3.05) is 6.61 Å². The molecule has 78 valence electrons. The molecule has 0 atom stereocenters. The second kappa shape index (κ2) is 8.19. The van der Waals surface area contributed by atoms with Crippen molar-refractivity contribution >= 4 is 6.29 Å². The molecule has 0 aromatic carbocycles. The lowest BCUT2D eigenvalue weighted by Gasteiger charge is -1.98. The van der Waals surface area contributed by atoms with Crippen LogP contribution in [-0.4, -0.2) is 17.9 Å². The zero-order valence-electron chi connectivity index (χ0n) is 8.45. The Kier molecular flexibility index (Phi) is 7.36. The topological polar surface area (TPSA) is 59.2 Å². The molecule has 0 saturated heterocycles. The van der Waals surface area contributed by atoms with Gasteiger partial charge in [0.15, 0.2) is 0 Å². The first-order chi connectivity index (χ1) is 6.83. The second-order valence-corrected chi connectivity index (χ2v) is 2.24. The van der Waals surface area contributed by atoms with Crippen molar-refractivity contribution in [2.45, 2.75) is 20.5 Å². The van der Waals surface area contributed by atoms with Gasteiger partial charge in [-0.1, -0.05) is 13.8 Å². The van der Waals surface area contributed by atoms with E-state index in [1.54, 1.807) is 12.3 Å². The molecule has 0 aliphatic rings. The average molecular weight is 197 g/mol. The van der Waals surface area contributed by atoms with Crippen molar-refractivity contribution in [1.29, 1.82) is 0 Å². The maximum Gasteiger partial charge on any atom is 0.248 e. The summed E-state index contributed by atoms with van der Waals surface area (Å²) >= 11 is 0. The molecule has 0 bridgehead atoms. The number of rotatable bonds is 4. The molecule has 0 aliphatic carbocycles. The number of hydrogen-bond donors (Lipinski definition) is 1. The molecule has 0 unspecified atom stereocenters. The molecule has 1 aromatic heterocycles. The van der Waals surface area contributed by atoms with Crippen LogP contribution < -0.4 is 5.56 Å². The molecule has 0 saturated carbocycles. The highest BCUT2D eigenvalue weighted by molar-refractivity contribution is 5.50. The van der Waals surface area contributed by atoms with E-state index < -0.39 is 0 Å². The first-order valence-electron chi connectivity index (χ1n) is 4.52. The summed E-state index contributed by atoms with van der Waals surface area (Å²) in [5, 5.41) is 0. The van der Waals surface area contributed by atoms with Crippen LogP contribution in [0.3, 0.4) is 0 Å². The van der Waals surface area contributed by atoms with Crippen LogP contribution >= 0.6 is 0 Å². The minimum Gasteiger partial charge on any atom is -0.369 e. The maximum atomic E-state index is 10.7. The number of aldehydes is 1. The summed E-state index contributed by atoms with van der Waals surface area (Å²) < 4.78 is 4.90. The van der Waals surface area contributed by atoms with E-state index in [9.17, 15) is 9.59 Å². The Bertz CT molecular complexity index is 306. The van der Waals surface area contributed by atoms with Crippen molar-refractivity contribution < 1.29 is 9.53 Å². The van der Waals surface area contributed by atoms with Gasteiger partial charge in [0.1, 0.15) is 12.9 Å². The number of H-pyrrole nitrogens is 1. The Labute approximate surface area is 82.9 Å². The third kappa shape index (κ3) is 5.27. The highest BCUT2D eigenvalue weighted by Gasteiger charge is 1.92. The van der Waals surface area contributed by atoms with E-state index in [4.69, 9.17) is 4.74 Å². The minimum atomic E-state index is -0.165. The summed E-state index contributed by atoms with van der Waals surface area (Å²) in [5.74, 6) is 0. The molecule has 0 spiro atoms. The lowest BCUT2D eigenvalue weighted by molar-refractivity contribution is -0.112. The first kappa shape index (κ1) is 12.6. The summed E-state index contributed by atoms with van der Waals surface area (Å²) in [4.78, 5) is 23.1. The summed E-state index contributed by atoms with van der Waals surface area (Å²) in [6.07, 6.45) is 2.22. The van der Waals surface area contributed by atoms with Crippen LogP contribution in [0.2, 0.25) is 0 Å². The number of aromatic amines is 1. The quantitative estimate of drug-likeness (QED) is 0.581. The van der Waals surface area contributed by atoms with Crippen LogP contribution in [0, 0.1) is 0 Å². The van der Waals surface area contributed by atoms with Gasteiger partial charge in [0.2, 0.25) is 5.56 Å². The standard InChI is InChI=1S/C8H9NO3.C2H6/c10-3-4-12-6-7-1-2-9-8(11)5-7;1-2/h1-3,5H,4,6H2,(H,9,11);1-2H3. The van der Waals surface area contributed by atoms with Crippen LogP contribution in [0.4, 0.5) is 0 Å². The maximum absolute atomic E-state index is 10.7. The van der Waals surface area contributed by atoms with Crippen LogP contribution in [0.5, 0.6) is 0 Å². The van der Waals surface area contributed by atoms with Crippen molar-refractivity contribution in [3.05, 3.63) is 34.2 Å². The molecule has 0 aliphatic heterocycles. The van der Waals surface area contributed by atoms with Crippen molar-refractivity contribution in [2.24, 2.45) is 0 Å². The highest BCUT2D eigenvalue weighted by Crippen LogP contribution is 1.94. The Balaban J connectivity index is 0.000000791. The average Bonchev–Trinajstić information content (AvgIpc) is 2.21. The van der Waals surface area contributed by atoms with Crippen LogP contribution in [0.1, 0.15) is 19.4 Å². The fourth-order valence-corrected chi connectivity index (χ4v) is 0.804. The number of pyridine rings is 1. The van der Waals surface area contributed by atoms with Gasteiger partial charge >= 0.3 is 0 Å². The van der Waals surface area contributed by atoms with Crippen molar-refractivity contribution in [3.63, 3.8) is 0 Å². The summed E-state index contributed by atoms with van der Waals surface area (Å²) in [7, 11) is 0. The van der Waals surface area contributed by atoms with E-state index >= 15 is 0 Å². The second-order valence-electron chi connectivity index (χ2n) is 2.24. The van der Waals surface area contributed by atoms with Gasteiger partial charge < -0.3 is 14.5 Å². The lowest BCUT2D eigenvalue weighted by Crippen LogP contribution is -2.05. The predicted molar refractivity (Wildman–Crippen MR) is 54.1 cm³/mol. The third-order valence-corrected chi connectivity index (χ3v) is 1.29. The van der Waals surface area contributed by atoms with E-state index in [-0.39, 0.29) is 12.2 Å². The fraction of sp³-hybridized carbons (Fsp3) is 0.400. The number of nitrogens with one attached hydrogen (secondary N) is 1. The Morgan fingerprint density at radius 1 is 1.50 bits per heavy atom. The van der Waals surface area contributed by atoms with Gasteiger partial charge in [0.05, 0.1) is 6.61 Å². The van der Waals surface area contributed by atoms with Gasteiger partial charge in [-0.25, -0.2) is 0 Å². The number of ether oxygens (including phenoxy) is 1. The highest BCUT2D eigenvalue weighted by atomic mass is 16.5. The normalized spacial score (nSPS) is 8.71. The van der Waals surface area contributed by atoms with Gasteiger partial charge in [-0.15, -0.1) is 0 Å². The smallest absolute Gasteiger partial charge is 0.248 e. The summed E-state index contributed by atoms with van der Waals surface area (Å²) in [6.45, 7) is 4.36. The molecule has 1 N–H and O–H groups in total. The van der Waals surface area contributed by atoms with Crippen LogP contribution in [0.15, 0.2) is 23.1 Å². The van der Waals surface area contributed by atoms with Crippen LogP contribution in [0.25, 0.3) is 0 Å². The Morgan fingerprint density at radius 3 is 2.79 bits per heavy atom. The van der Waals surface area contributed by atoms with E-state index in [0.29, 0.717) is 12.9 Å². The molecule has 1 heterocycles. The molecule has 0 radical (unpaired) electrons. The van der Waals surface area contributed by atoms with Crippen molar-refractivity contribution in [1.82, 2.24) is 4.98 Å². The Morgan fingerprint density at radius 2 is 2.21 bits per heavy atom. The molecule has 1 aromatic rings. The molecule has 0 amide bonds. The zero-order chi connectivity index (χ0) is 10.8.